The molecule has 8 heteroatoms. The molecule has 5 heterocycles. The van der Waals surface area contributed by atoms with Crippen LogP contribution < -0.4 is 4.90 Å². The molecule has 200 valence electrons. The number of rotatable bonds is 6. The van der Waals surface area contributed by atoms with Crippen LogP contribution in [0.2, 0.25) is 0 Å². The van der Waals surface area contributed by atoms with Crippen molar-refractivity contribution in [3.8, 4) is 11.3 Å². The Labute approximate surface area is 227 Å². The van der Waals surface area contributed by atoms with Crippen LogP contribution in [-0.4, -0.2) is 50.2 Å². The van der Waals surface area contributed by atoms with E-state index in [4.69, 9.17) is 9.97 Å². The fourth-order valence-electron chi connectivity index (χ4n) is 6.52. The fraction of sp³-hybridized carbons (Fsp3) is 0.387. The molecule has 0 saturated carbocycles. The van der Waals surface area contributed by atoms with Crippen LogP contribution in [0.4, 0.5) is 14.6 Å². The monoisotopic (exact) mass is 526 g/mol. The molecule has 2 aliphatic heterocycles. The highest BCUT2D eigenvalue weighted by atomic mass is 19.1. The Bertz CT molecular complexity index is 1570. The van der Waals surface area contributed by atoms with Gasteiger partial charge in [0.2, 0.25) is 0 Å². The second-order valence-corrected chi connectivity index (χ2v) is 11.4. The smallest absolute Gasteiger partial charge is 0.166 e. The van der Waals surface area contributed by atoms with E-state index >= 15 is 0 Å². The zero-order valence-corrected chi connectivity index (χ0v) is 22.3. The fourth-order valence-corrected chi connectivity index (χ4v) is 6.52. The first-order valence-corrected chi connectivity index (χ1v) is 13.9. The lowest BCUT2D eigenvalue weighted by molar-refractivity contribution is 0.149. The van der Waals surface area contributed by atoms with Crippen LogP contribution in [0.3, 0.4) is 0 Å². The van der Waals surface area contributed by atoms with E-state index in [1.54, 1.807) is 10.7 Å². The van der Waals surface area contributed by atoms with E-state index in [9.17, 15) is 8.78 Å². The summed E-state index contributed by atoms with van der Waals surface area (Å²) in [5, 5.41) is 4.50. The minimum atomic E-state index is -0.733. The molecule has 0 unspecified atom stereocenters. The minimum absolute atomic E-state index is 0.345. The third-order valence-corrected chi connectivity index (χ3v) is 8.79. The molecular formula is C31H32F2N6. The molecule has 0 bridgehead atoms. The zero-order valence-electron chi connectivity index (χ0n) is 22.3. The minimum Gasteiger partial charge on any atom is -0.339 e. The third kappa shape index (κ3) is 4.13. The lowest BCUT2D eigenvalue weighted by atomic mass is 9.90. The topological polar surface area (TPSA) is 49.6 Å². The molecule has 1 aliphatic carbocycles. The molecule has 3 aromatic heterocycles. The van der Waals surface area contributed by atoms with Crippen LogP contribution in [-0.2, 0) is 12.0 Å². The van der Waals surface area contributed by atoms with Gasteiger partial charge in [-0.15, -0.1) is 0 Å². The van der Waals surface area contributed by atoms with Crippen molar-refractivity contribution in [2.24, 2.45) is 5.92 Å². The largest absolute Gasteiger partial charge is 0.339 e. The molecule has 7 rings (SSSR count). The van der Waals surface area contributed by atoms with Gasteiger partial charge in [0.25, 0.3) is 0 Å². The van der Waals surface area contributed by atoms with E-state index in [1.807, 2.05) is 24.5 Å². The molecule has 0 amide bonds. The van der Waals surface area contributed by atoms with Gasteiger partial charge >= 0.3 is 0 Å². The van der Waals surface area contributed by atoms with Crippen molar-refractivity contribution in [3.63, 3.8) is 0 Å². The quantitative estimate of drug-likeness (QED) is 0.298. The van der Waals surface area contributed by atoms with Gasteiger partial charge in [-0.1, -0.05) is 6.07 Å². The predicted molar refractivity (Wildman–Crippen MR) is 147 cm³/mol. The summed E-state index contributed by atoms with van der Waals surface area (Å²) in [7, 11) is 0. The highest BCUT2D eigenvalue weighted by Gasteiger charge is 2.56. The van der Waals surface area contributed by atoms with Crippen LogP contribution in [0.1, 0.15) is 44.2 Å². The number of halogens is 2. The molecule has 1 aromatic carbocycles. The van der Waals surface area contributed by atoms with E-state index in [1.165, 1.54) is 43.6 Å². The number of hydrogen-bond acceptors (Lipinski definition) is 5. The molecule has 4 aromatic rings. The summed E-state index contributed by atoms with van der Waals surface area (Å²) >= 11 is 0. The lowest BCUT2D eigenvalue weighted by Crippen LogP contribution is -2.38. The van der Waals surface area contributed by atoms with Crippen molar-refractivity contribution in [1.82, 2.24) is 24.5 Å². The van der Waals surface area contributed by atoms with Gasteiger partial charge < -0.3 is 9.80 Å². The van der Waals surface area contributed by atoms with Gasteiger partial charge in [-0.25, -0.2) is 18.3 Å². The number of fused-ring (bicyclic) bond motifs is 2. The van der Waals surface area contributed by atoms with Crippen molar-refractivity contribution >= 4 is 11.5 Å². The first-order valence-electron chi connectivity index (χ1n) is 13.9. The number of aromatic nitrogens is 4. The highest BCUT2D eigenvalue weighted by Crippen LogP contribution is 2.57. The van der Waals surface area contributed by atoms with Crippen LogP contribution in [0.15, 0.2) is 66.6 Å². The predicted octanol–water partition coefficient (Wildman–Crippen LogP) is 5.78. The standard InChI is InChI=1S/C31H32F2N6/c1-20(2)37-11-7-21(8-12-37)15-22-3-6-28(34-18-22)25-19-35-39-14-10-29(36-30(25)39)38-13-9-23-17-31(23,38)26-16-24(32)4-5-27(26)33/h3-6,10,14,16-21H,7-9,11-13,15H2,1-2H3/t31-/m1/s1. The first-order chi connectivity index (χ1) is 18.9. The van der Waals surface area contributed by atoms with E-state index in [0.717, 1.165) is 35.7 Å². The maximum Gasteiger partial charge on any atom is 0.166 e. The van der Waals surface area contributed by atoms with Crippen LogP contribution in [0, 0.1) is 17.6 Å². The van der Waals surface area contributed by atoms with Gasteiger partial charge in [0.15, 0.2) is 5.65 Å². The Balaban J connectivity index is 1.14. The molecule has 0 N–H and O–H groups in total. The van der Waals surface area contributed by atoms with E-state index in [-0.39, 0.29) is 0 Å². The van der Waals surface area contributed by atoms with Gasteiger partial charge in [0.1, 0.15) is 23.0 Å². The molecule has 3 aliphatic rings. The van der Waals surface area contributed by atoms with Crippen LogP contribution in [0.5, 0.6) is 0 Å². The van der Waals surface area contributed by atoms with Crippen molar-refractivity contribution in [2.45, 2.75) is 51.1 Å². The Morgan fingerprint density at radius 1 is 1.03 bits per heavy atom. The molecule has 0 spiro atoms. The van der Waals surface area contributed by atoms with Gasteiger partial charge in [-0.3, -0.25) is 4.98 Å². The Hall–Kier alpha value is -3.65. The van der Waals surface area contributed by atoms with Gasteiger partial charge in [-0.2, -0.15) is 5.10 Å². The van der Waals surface area contributed by atoms with E-state index in [0.29, 0.717) is 35.5 Å². The third-order valence-electron chi connectivity index (χ3n) is 8.79. The second kappa shape index (κ2) is 9.23. The summed E-state index contributed by atoms with van der Waals surface area (Å²) in [6.45, 7) is 7.58. The normalized spacial score (nSPS) is 21.6. The summed E-state index contributed by atoms with van der Waals surface area (Å²) in [6.07, 6.45) is 12.0. The number of piperidine rings is 1. The lowest BCUT2D eigenvalue weighted by Gasteiger charge is -2.34. The van der Waals surface area contributed by atoms with Crippen molar-refractivity contribution in [2.75, 3.05) is 24.5 Å². The van der Waals surface area contributed by atoms with Crippen molar-refractivity contribution in [1.29, 1.82) is 0 Å². The maximum atomic E-state index is 14.8. The Morgan fingerprint density at radius 2 is 1.87 bits per heavy atom. The summed E-state index contributed by atoms with van der Waals surface area (Å²) in [6, 6.07) is 10.4. The summed E-state index contributed by atoms with van der Waals surface area (Å²) < 4.78 is 30.7. The van der Waals surface area contributed by atoms with Crippen LogP contribution in [0.25, 0.3) is 16.9 Å². The van der Waals surface area contributed by atoms with Gasteiger partial charge in [-0.05, 0) is 106 Å². The summed E-state index contributed by atoms with van der Waals surface area (Å²) in [4.78, 5) is 14.4. The van der Waals surface area contributed by atoms with E-state index < -0.39 is 17.2 Å². The highest BCUT2D eigenvalue weighted by molar-refractivity contribution is 5.76. The van der Waals surface area contributed by atoms with Crippen molar-refractivity contribution in [3.05, 3.63) is 89.4 Å². The average molecular weight is 527 g/mol. The number of likely N-dealkylation sites (tertiary alicyclic amines) is 1. The molecule has 0 radical (unpaired) electrons. The molecule has 2 saturated heterocycles. The summed E-state index contributed by atoms with van der Waals surface area (Å²) in [5.74, 6) is 0.561. The Morgan fingerprint density at radius 3 is 2.62 bits per heavy atom. The first kappa shape index (κ1) is 24.4. The molecule has 39 heavy (non-hydrogen) atoms. The van der Waals surface area contributed by atoms with Gasteiger partial charge in [0, 0.05) is 30.5 Å². The average Bonchev–Trinajstić information content (AvgIpc) is 3.32. The number of benzene rings is 1. The molecular weight excluding hydrogens is 494 g/mol. The summed E-state index contributed by atoms with van der Waals surface area (Å²) in [5.41, 5.74) is 4.34. The number of pyridine rings is 1. The molecule has 6 nitrogen and oxygen atoms in total. The number of hydrogen-bond donors (Lipinski definition) is 0. The molecule has 2 fully saturated rings. The molecule has 1 atom stereocenters. The number of nitrogens with zero attached hydrogens (tertiary/aromatic N) is 6. The second-order valence-electron chi connectivity index (χ2n) is 11.4. The van der Waals surface area contributed by atoms with Crippen LogP contribution >= 0.6 is 0 Å². The zero-order chi connectivity index (χ0) is 26.7. The van der Waals surface area contributed by atoms with E-state index in [2.05, 4.69) is 40.9 Å². The number of anilines is 1. The Kier molecular flexibility index (Phi) is 5.77. The SMILES string of the molecule is CC(C)N1CCC(Cc2ccc(-c3cnn4ccc(N5CCC6=C[C@]65c5cc(F)ccc5F)nc34)nc2)CC1. The van der Waals surface area contributed by atoms with Crippen molar-refractivity contribution < 1.29 is 8.78 Å². The maximum absolute atomic E-state index is 14.8. The van der Waals surface area contributed by atoms with Gasteiger partial charge in [0.05, 0.1) is 17.5 Å².